The van der Waals surface area contributed by atoms with Crippen molar-refractivity contribution in [2.45, 2.75) is 0 Å². The number of nitrogens with zero attached hydrogens (tertiary/aromatic N) is 1. The Morgan fingerprint density at radius 1 is 0.731 bits per heavy atom. The third-order valence-electron chi connectivity index (χ3n) is 4.97. The summed E-state index contributed by atoms with van der Waals surface area (Å²) in [4.78, 5) is 11.2. The number of hydrogen-bond acceptors (Lipinski definition) is 2. The molecule has 0 N–H and O–H groups in total. The van der Waals surface area contributed by atoms with Crippen LogP contribution in [-0.4, -0.2) is 4.92 Å². The zero-order chi connectivity index (χ0) is 17.8. The Kier molecular flexibility index (Phi) is 3.24. The molecule has 0 heterocycles. The first-order valence-electron chi connectivity index (χ1n) is 8.24. The second kappa shape index (κ2) is 5.51. The van der Waals surface area contributed by atoms with Gasteiger partial charge in [0.1, 0.15) is 0 Å². The summed E-state index contributed by atoms with van der Waals surface area (Å²) in [6.45, 7) is 0. The largest absolute Gasteiger partial charge is 0.277 e. The lowest BCUT2D eigenvalue weighted by atomic mass is 9.89. The van der Waals surface area contributed by atoms with Crippen LogP contribution in [0.4, 0.5) is 5.69 Å². The van der Waals surface area contributed by atoms with Crippen molar-refractivity contribution in [3.05, 3.63) is 87.4 Å². The molecular formula is C22H12BrNO2. The summed E-state index contributed by atoms with van der Waals surface area (Å²) in [6.07, 6.45) is 0. The number of nitro groups is 1. The fourth-order valence-corrected chi connectivity index (χ4v) is 4.21. The summed E-state index contributed by atoms with van der Waals surface area (Å²) in [5.41, 5.74) is 1.62. The van der Waals surface area contributed by atoms with E-state index in [0.717, 1.165) is 26.2 Å². The van der Waals surface area contributed by atoms with E-state index in [9.17, 15) is 10.1 Å². The van der Waals surface area contributed by atoms with E-state index in [4.69, 9.17) is 0 Å². The third kappa shape index (κ3) is 2.12. The molecule has 3 nitrogen and oxygen atoms in total. The quantitative estimate of drug-likeness (QED) is 0.183. The second-order valence-electron chi connectivity index (χ2n) is 6.39. The van der Waals surface area contributed by atoms with Gasteiger partial charge in [-0.05, 0) is 50.0 Å². The topological polar surface area (TPSA) is 43.1 Å². The summed E-state index contributed by atoms with van der Waals surface area (Å²) in [5, 5.41) is 18.5. The predicted molar refractivity (Wildman–Crippen MR) is 110 cm³/mol. The van der Waals surface area contributed by atoms with Gasteiger partial charge in [0.15, 0.2) is 0 Å². The Hall–Kier alpha value is -2.98. The van der Waals surface area contributed by atoms with Gasteiger partial charge in [0.25, 0.3) is 5.69 Å². The molecular weight excluding hydrogens is 390 g/mol. The number of benzene rings is 5. The van der Waals surface area contributed by atoms with Crippen molar-refractivity contribution < 1.29 is 4.92 Å². The summed E-state index contributed by atoms with van der Waals surface area (Å²) in [7, 11) is 0. The van der Waals surface area contributed by atoms with E-state index < -0.39 is 0 Å². The highest BCUT2D eigenvalue weighted by Crippen LogP contribution is 2.42. The van der Waals surface area contributed by atoms with Crippen LogP contribution in [0.2, 0.25) is 0 Å². The first-order valence-corrected chi connectivity index (χ1v) is 9.03. The normalized spacial score (nSPS) is 11.6. The molecule has 0 radical (unpaired) electrons. The second-order valence-corrected chi connectivity index (χ2v) is 7.30. The van der Waals surface area contributed by atoms with Crippen molar-refractivity contribution >= 4 is 53.9 Å². The van der Waals surface area contributed by atoms with Gasteiger partial charge in [0.05, 0.1) is 10.5 Å². The van der Waals surface area contributed by atoms with Crippen molar-refractivity contribution in [3.63, 3.8) is 0 Å². The smallest absolute Gasteiger partial charge is 0.258 e. The highest BCUT2D eigenvalue weighted by Gasteiger charge is 2.19. The molecule has 5 aromatic carbocycles. The molecule has 0 fully saturated rings. The lowest BCUT2D eigenvalue weighted by Crippen LogP contribution is -1.93. The Morgan fingerprint density at radius 3 is 2.12 bits per heavy atom. The third-order valence-corrected chi connectivity index (χ3v) is 5.47. The molecule has 0 aliphatic carbocycles. The molecule has 0 amide bonds. The zero-order valence-electron chi connectivity index (χ0n) is 13.6. The maximum Gasteiger partial charge on any atom is 0.277 e. The lowest BCUT2D eigenvalue weighted by molar-refractivity contribution is -0.384. The Bertz CT molecular complexity index is 1310. The molecule has 0 saturated carbocycles. The van der Waals surface area contributed by atoms with Crippen molar-refractivity contribution in [1.82, 2.24) is 0 Å². The van der Waals surface area contributed by atoms with Gasteiger partial charge in [-0.15, -0.1) is 0 Å². The molecule has 0 aliphatic rings. The minimum Gasteiger partial charge on any atom is -0.258 e. The SMILES string of the molecule is O=[N+]([O-])c1ccc(Br)cc1-c1ccc2ccc3cccc4ccc1c2c34. The lowest BCUT2D eigenvalue weighted by Gasteiger charge is -2.14. The van der Waals surface area contributed by atoms with Gasteiger partial charge in [0, 0.05) is 10.5 Å². The fraction of sp³-hybridized carbons (Fsp3) is 0. The summed E-state index contributed by atoms with van der Waals surface area (Å²) in [6, 6.07) is 23.8. The number of nitro benzene ring substituents is 1. The highest BCUT2D eigenvalue weighted by molar-refractivity contribution is 9.10. The van der Waals surface area contributed by atoms with Crippen molar-refractivity contribution in [2.75, 3.05) is 0 Å². The number of rotatable bonds is 2. The first-order chi connectivity index (χ1) is 12.6. The van der Waals surface area contributed by atoms with E-state index in [1.54, 1.807) is 12.1 Å². The minimum atomic E-state index is -0.320. The summed E-state index contributed by atoms with van der Waals surface area (Å²) >= 11 is 3.45. The molecule has 0 saturated heterocycles. The average molecular weight is 402 g/mol. The van der Waals surface area contributed by atoms with Gasteiger partial charge < -0.3 is 0 Å². The van der Waals surface area contributed by atoms with Crippen LogP contribution in [0.1, 0.15) is 0 Å². The minimum absolute atomic E-state index is 0.114. The monoisotopic (exact) mass is 401 g/mol. The average Bonchev–Trinajstić information content (AvgIpc) is 2.65. The van der Waals surface area contributed by atoms with Crippen LogP contribution in [0, 0.1) is 10.1 Å². The molecule has 4 heteroatoms. The Balaban J connectivity index is 1.97. The van der Waals surface area contributed by atoms with Gasteiger partial charge in [-0.1, -0.05) is 70.5 Å². The predicted octanol–water partition coefficient (Wildman–Crippen LogP) is 6.92. The molecule has 5 aromatic rings. The molecule has 0 spiro atoms. The van der Waals surface area contributed by atoms with Crippen molar-refractivity contribution in [3.8, 4) is 11.1 Å². The van der Waals surface area contributed by atoms with Crippen LogP contribution in [0.3, 0.4) is 0 Å². The maximum absolute atomic E-state index is 11.6. The zero-order valence-corrected chi connectivity index (χ0v) is 15.2. The van der Waals surface area contributed by atoms with Gasteiger partial charge >= 0.3 is 0 Å². The van der Waals surface area contributed by atoms with Crippen molar-refractivity contribution in [1.29, 1.82) is 0 Å². The van der Waals surface area contributed by atoms with E-state index in [-0.39, 0.29) is 10.6 Å². The Morgan fingerprint density at radius 2 is 1.38 bits per heavy atom. The Labute approximate surface area is 157 Å². The molecule has 124 valence electrons. The fourth-order valence-electron chi connectivity index (χ4n) is 3.85. The van der Waals surface area contributed by atoms with Crippen LogP contribution in [0.25, 0.3) is 43.4 Å². The van der Waals surface area contributed by atoms with Crippen molar-refractivity contribution in [2.24, 2.45) is 0 Å². The van der Waals surface area contributed by atoms with Crippen LogP contribution >= 0.6 is 15.9 Å². The van der Waals surface area contributed by atoms with Crippen LogP contribution < -0.4 is 0 Å². The molecule has 0 atom stereocenters. The van der Waals surface area contributed by atoms with Crippen LogP contribution in [-0.2, 0) is 0 Å². The van der Waals surface area contributed by atoms with E-state index >= 15 is 0 Å². The summed E-state index contributed by atoms with van der Waals surface area (Å²) < 4.78 is 0.823. The molecule has 0 aromatic heterocycles. The van der Waals surface area contributed by atoms with Crippen LogP contribution in [0.15, 0.2) is 77.3 Å². The molecule has 0 unspecified atom stereocenters. The van der Waals surface area contributed by atoms with Gasteiger partial charge in [0.2, 0.25) is 0 Å². The van der Waals surface area contributed by atoms with Crippen LogP contribution in [0.5, 0.6) is 0 Å². The maximum atomic E-state index is 11.6. The number of hydrogen-bond donors (Lipinski definition) is 0. The first kappa shape index (κ1) is 15.3. The summed E-state index contributed by atoms with van der Waals surface area (Å²) in [5.74, 6) is 0. The van der Waals surface area contributed by atoms with E-state index in [1.807, 2.05) is 18.2 Å². The molecule has 5 rings (SSSR count). The standard InChI is InChI=1S/C22H12BrNO2/c23-16-8-11-20(24(25)26)19(12-16)17-9-6-15-5-4-13-2-1-3-14-7-10-18(17)22(15)21(13)14/h1-12H. The number of halogens is 1. The van der Waals surface area contributed by atoms with E-state index in [1.165, 1.54) is 16.2 Å². The van der Waals surface area contributed by atoms with Gasteiger partial charge in [-0.25, -0.2) is 0 Å². The molecule has 0 bridgehead atoms. The van der Waals surface area contributed by atoms with Gasteiger partial charge in [-0.3, -0.25) is 10.1 Å². The molecule has 0 aliphatic heterocycles. The van der Waals surface area contributed by atoms with Gasteiger partial charge in [-0.2, -0.15) is 0 Å². The van der Waals surface area contributed by atoms with E-state index in [2.05, 4.69) is 58.4 Å². The van der Waals surface area contributed by atoms with E-state index in [0.29, 0.717) is 5.56 Å². The highest BCUT2D eigenvalue weighted by atomic mass is 79.9. The molecule has 26 heavy (non-hydrogen) atoms.